The van der Waals surface area contributed by atoms with E-state index in [1.165, 1.54) is 0 Å². The van der Waals surface area contributed by atoms with Gasteiger partial charge in [0.2, 0.25) is 17.7 Å². The number of piperidine rings is 1. The number of carbonyl (C=O) groups excluding carboxylic acids is 2. The molecule has 2 N–H and O–H groups in total. The monoisotopic (exact) mass is 648 g/mol. The van der Waals surface area contributed by atoms with E-state index in [0.717, 1.165) is 6.20 Å². The summed E-state index contributed by atoms with van der Waals surface area (Å²) in [6.07, 6.45) is -4.60. The van der Waals surface area contributed by atoms with Gasteiger partial charge in [0.1, 0.15) is 16.5 Å². The Morgan fingerprint density at radius 3 is 2.14 bits per heavy atom. The van der Waals surface area contributed by atoms with E-state index in [1.54, 1.807) is 0 Å². The van der Waals surface area contributed by atoms with E-state index in [9.17, 15) is 51.0 Å². The van der Waals surface area contributed by atoms with Crippen LogP contribution >= 0.6 is 10.2 Å². The van der Waals surface area contributed by atoms with Crippen LogP contribution in [0.1, 0.15) is 55.7 Å². The number of halogens is 10. The maximum atomic E-state index is 14.2. The van der Waals surface area contributed by atoms with Crippen LogP contribution in [0.15, 0.2) is 47.6 Å². The van der Waals surface area contributed by atoms with Crippen LogP contribution in [0.25, 0.3) is 0 Å². The minimum Gasteiger partial charge on any atom is -0.351 e. The van der Waals surface area contributed by atoms with E-state index >= 15 is 0 Å². The molecule has 2 heterocycles. The lowest BCUT2D eigenvalue weighted by atomic mass is 9.91. The highest BCUT2D eigenvalue weighted by Crippen LogP contribution is 3.02. The van der Waals surface area contributed by atoms with Gasteiger partial charge in [0.25, 0.3) is 0 Å². The third kappa shape index (κ3) is 6.28. The third-order valence-electron chi connectivity index (χ3n) is 8.22. The van der Waals surface area contributed by atoms with E-state index in [-0.39, 0.29) is 37.3 Å². The van der Waals surface area contributed by atoms with E-state index in [4.69, 9.17) is 0 Å². The fourth-order valence-corrected chi connectivity index (χ4v) is 6.56. The number of hydrogen-bond donors (Lipinski definition) is 2. The second-order valence-corrected chi connectivity index (χ2v) is 13.6. The summed E-state index contributed by atoms with van der Waals surface area (Å²) in [6.45, 7) is 0.335. The summed E-state index contributed by atoms with van der Waals surface area (Å²) in [6, 6.07) is -1.62. The molecule has 2 saturated carbocycles. The van der Waals surface area contributed by atoms with Gasteiger partial charge in [-0.05, 0) is 68.5 Å². The number of nitrogens with one attached hydrogen (secondary N) is 2. The van der Waals surface area contributed by atoms with Gasteiger partial charge in [0.05, 0.1) is 5.56 Å². The molecule has 43 heavy (non-hydrogen) atoms. The summed E-state index contributed by atoms with van der Waals surface area (Å²) in [7, 11) is -10.2. The first kappa shape index (κ1) is 31.3. The van der Waals surface area contributed by atoms with Crippen LogP contribution in [0.5, 0.6) is 0 Å². The Hall–Kier alpha value is -3.08. The average molecular weight is 649 g/mol. The van der Waals surface area contributed by atoms with Crippen molar-refractivity contribution in [2.45, 2.75) is 73.1 Å². The summed E-state index contributed by atoms with van der Waals surface area (Å²) in [4.78, 5) is 29.9. The number of benzene rings is 1. The standard InChI is InChI=1S/C26H26F10N4O2S/c27-24(28)9-5-16(6-10-24)39-22(41)21(19-14-37-11-8-20(19)26(29,30)31)40(23(42)25-13-15(25)7-12-38-25)17-1-3-18(4-2-17)43(32,33,34,35)36/h1-4,8,11,14-16,21,38H,5-7,9-10,12-13H2,(H,39,41)/t15-,21?,25+/m0/s1. The van der Waals surface area contributed by atoms with Crippen LogP contribution in [0.3, 0.4) is 0 Å². The molecule has 1 saturated heterocycles. The molecule has 3 atom stereocenters. The van der Waals surface area contributed by atoms with Crippen LogP contribution in [-0.4, -0.2) is 40.8 Å². The highest BCUT2D eigenvalue weighted by molar-refractivity contribution is 8.45. The molecule has 0 spiro atoms. The molecule has 1 aliphatic heterocycles. The normalized spacial score (nSPS) is 26.0. The smallest absolute Gasteiger partial charge is 0.351 e. The first-order valence-electron chi connectivity index (χ1n) is 13.2. The number of rotatable bonds is 7. The molecule has 3 aliphatic rings. The van der Waals surface area contributed by atoms with Crippen LogP contribution < -0.4 is 15.5 Å². The van der Waals surface area contributed by atoms with Crippen LogP contribution in [0.2, 0.25) is 0 Å². The van der Waals surface area contributed by atoms with E-state index in [2.05, 4.69) is 15.6 Å². The van der Waals surface area contributed by atoms with Crippen molar-refractivity contribution in [2.75, 3.05) is 11.4 Å². The zero-order valence-electron chi connectivity index (χ0n) is 22.1. The number of aromatic nitrogens is 1. The summed E-state index contributed by atoms with van der Waals surface area (Å²) >= 11 is 0. The summed E-state index contributed by atoms with van der Waals surface area (Å²) in [5, 5.41) is 5.37. The lowest BCUT2D eigenvalue weighted by molar-refractivity contribution is -0.139. The SMILES string of the molecule is O=C(NC1CCC(F)(F)CC1)C(c1cnccc1C(F)(F)F)N(C(=O)[C@@]12C[C@@H]1CCN2)c1ccc(S(F)(F)(F)(F)F)cc1. The molecular formula is C26H26F10N4O2S. The third-order valence-corrected chi connectivity index (χ3v) is 9.38. The van der Waals surface area contributed by atoms with Gasteiger partial charge in [-0.2, -0.15) is 13.2 Å². The second-order valence-electron chi connectivity index (χ2n) is 11.2. The number of alkyl halides is 5. The number of carbonyl (C=O) groups is 2. The Bertz CT molecular complexity index is 1430. The molecule has 238 valence electrons. The van der Waals surface area contributed by atoms with E-state index in [0.29, 0.717) is 42.3 Å². The quantitative estimate of drug-likeness (QED) is 0.310. The molecule has 5 rings (SSSR count). The minimum absolute atomic E-state index is 0.00656. The number of amides is 2. The average Bonchev–Trinajstić information content (AvgIpc) is 3.46. The molecule has 6 nitrogen and oxygen atoms in total. The number of anilines is 1. The molecule has 1 aromatic carbocycles. The molecule has 0 radical (unpaired) electrons. The molecule has 2 aliphatic carbocycles. The maximum Gasteiger partial charge on any atom is 0.416 e. The molecule has 3 fully saturated rings. The highest BCUT2D eigenvalue weighted by Gasteiger charge is 2.66. The Balaban J connectivity index is 1.64. The van der Waals surface area contributed by atoms with Gasteiger partial charge < -0.3 is 10.6 Å². The Labute approximate surface area is 238 Å². The topological polar surface area (TPSA) is 74.3 Å². The molecule has 1 unspecified atom stereocenters. The second kappa shape index (κ2) is 9.46. The predicted molar refractivity (Wildman–Crippen MR) is 136 cm³/mol. The van der Waals surface area contributed by atoms with Gasteiger partial charge in [-0.3, -0.25) is 19.5 Å². The van der Waals surface area contributed by atoms with Crippen molar-refractivity contribution in [3.8, 4) is 0 Å². The van der Waals surface area contributed by atoms with Gasteiger partial charge in [-0.1, -0.05) is 19.4 Å². The van der Waals surface area contributed by atoms with Crippen molar-refractivity contribution in [1.29, 1.82) is 0 Å². The fourth-order valence-electron chi connectivity index (χ4n) is 5.91. The lowest BCUT2D eigenvalue weighted by Gasteiger charge is -2.41. The molecule has 2 aromatic rings. The van der Waals surface area contributed by atoms with Crippen molar-refractivity contribution in [3.63, 3.8) is 0 Å². The van der Waals surface area contributed by atoms with Crippen molar-refractivity contribution < 1.29 is 51.0 Å². The van der Waals surface area contributed by atoms with E-state index < -0.39 is 86.3 Å². The Morgan fingerprint density at radius 2 is 1.63 bits per heavy atom. The Kier molecular flexibility index (Phi) is 6.90. The molecule has 0 bridgehead atoms. The van der Waals surface area contributed by atoms with Gasteiger partial charge in [-0.25, -0.2) is 8.78 Å². The van der Waals surface area contributed by atoms with Crippen molar-refractivity contribution in [1.82, 2.24) is 15.6 Å². The molecule has 2 amide bonds. The van der Waals surface area contributed by atoms with Gasteiger partial charge in [0.15, 0.2) is 0 Å². The summed E-state index contributed by atoms with van der Waals surface area (Å²) < 4.78 is 137. The highest BCUT2D eigenvalue weighted by atomic mass is 32.5. The van der Waals surface area contributed by atoms with Crippen LogP contribution in [0, 0.1) is 5.92 Å². The van der Waals surface area contributed by atoms with Crippen LogP contribution in [0.4, 0.5) is 47.1 Å². The van der Waals surface area contributed by atoms with E-state index in [1.807, 2.05) is 0 Å². The van der Waals surface area contributed by atoms with Crippen molar-refractivity contribution in [3.05, 3.63) is 53.9 Å². The van der Waals surface area contributed by atoms with Gasteiger partial charge in [-0.15, -0.1) is 0 Å². The number of fused-ring (bicyclic) bond motifs is 1. The molecule has 17 heteroatoms. The fraction of sp³-hybridized carbons (Fsp3) is 0.500. The molecular weight excluding hydrogens is 622 g/mol. The van der Waals surface area contributed by atoms with Gasteiger partial charge in [0, 0.05) is 42.5 Å². The first-order chi connectivity index (χ1) is 19.6. The first-order valence-corrected chi connectivity index (χ1v) is 15.2. The van der Waals surface area contributed by atoms with Crippen molar-refractivity contribution >= 4 is 27.7 Å². The predicted octanol–water partition coefficient (Wildman–Crippen LogP) is 7.28. The van der Waals surface area contributed by atoms with Crippen molar-refractivity contribution in [2.24, 2.45) is 5.92 Å². The number of nitrogens with zero attached hydrogens (tertiary/aromatic N) is 2. The molecule has 1 aromatic heterocycles. The number of hydrogen-bond acceptors (Lipinski definition) is 4. The maximum absolute atomic E-state index is 14.2. The lowest BCUT2D eigenvalue weighted by Crippen LogP contribution is -2.54. The Morgan fingerprint density at radius 1 is 1.00 bits per heavy atom. The largest absolute Gasteiger partial charge is 0.416 e. The van der Waals surface area contributed by atoms with Crippen LogP contribution in [-0.2, 0) is 15.8 Å². The zero-order valence-corrected chi connectivity index (χ0v) is 22.9. The zero-order chi connectivity index (χ0) is 31.7. The summed E-state index contributed by atoms with van der Waals surface area (Å²) in [5.74, 6) is -5.48. The summed E-state index contributed by atoms with van der Waals surface area (Å²) in [5.41, 5.74) is -4.13. The number of pyridine rings is 1. The van der Waals surface area contributed by atoms with Gasteiger partial charge >= 0.3 is 16.4 Å². The minimum atomic E-state index is -10.2.